The molecular formula is C19H16BrClN2O2. The van der Waals surface area contributed by atoms with E-state index in [1.54, 1.807) is 42.5 Å². The summed E-state index contributed by atoms with van der Waals surface area (Å²) in [7, 11) is 0. The van der Waals surface area contributed by atoms with Gasteiger partial charge in [0.2, 0.25) is 0 Å². The van der Waals surface area contributed by atoms with Crippen LogP contribution in [0, 0.1) is 11.3 Å². The van der Waals surface area contributed by atoms with Gasteiger partial charge in [-0.05, 0) is 64.3 Å². The number of carbonyl (C=O) groups is 1. The molecule has 0 unspecified atom stereocenters. The molecule has 0 aliphatic carbocycles. The molecule has 0 aliphatic heterocycles. The Kier molecular flexibility index (Phi) is 7.05. The van der Waals surface area contributed by atoms with Crippen LogP contribution in [0.2, 0.25) is 5.02 Å². The Morgan fingerprint density at radius 3 is 2.80 bits per heavy atom. The lowest BCUT2D eigenvalue weighted by atomic mass is 10.1. The van der Waals surface area contributed by atoms with Gasteiger partial charge < -0.3 is 10.1 Å². The van der Waals surface area contributed by atoms with Crippen molar-refractivity contribution in [1.82, 2.24) is 0 Å². The Bertz CT molecular complexity index is 844. The smallest absolute Gasteiger partial charge is 0.266 e. The minimum atomic E-state index is -0.493. The van der Waals surface area contributed by atoms with Crippen molar-refractivity contribution in [1.29, 1.82) is 5.26 Å². The number of hydrogen-bond donors (Lipinski definition) is 1. The van der Waals surface area contributed by atoms with Crippen LogP contribution < -0.4 is 10.1 Å². The van der Waals surface area contributed by atoms with E-state index in [0.717, 1.165) is 16.6 Å². The second kappa shape index (κ2) is 9.26. The number of hydrogen-bond acceptors (Lipinski definition) is 3. The van der Waals surface area contributed by atoms with Gasteiger partial charge in [-0.3, -0.25) is 4.79 Å². The summed E-state index contributed by atoms with van der Waals surface area (Å²) < 4.78 is 6.35. The van der Waals surface area contributed by atoms with Crippen molar-refractivity contribution in [2.24, 2.45) is 0 Å². The molecule has 2 aromatic rings. The molecule has 2 aromatic carbocycles. The Labute approximate surface area is 160 Å². The minimum Gasteiger partial charge on any atom is -0.492 e. The zero-order valence-electron chi connectivity index (χ0n) is 13.6. The zero-order chi connectivity index (χ0) is 18.2. The van der Waals surface area contributed by atoms with E-state index >= 15 is 0 Å². The first kappa shape index (κ1) is 19.0. The summed E-state index contributed by atoms with van der Waals surface area (Å²) in [6, 6.07) is 14.1. The average Bonchev–Trinajstić information content (AvgIpc) is 2.58. The predicted octanol–water partition coefficient (Wildman–Crippen LogP) is 5.44. The van der Waals surface area contributed by atoms with Gasteiger partial charge >= 0.3 is 0 Å². The topological polar surface area (TPSA) is 62.1 Å². The molecule has 0 radical (unpaired) electrons. The van der Waals surface area contributed by atoms with Crippen LogP contribution in [0.4, 0.5) is 5.69 Å². The number of benzene rings is 2. The summed E-state index contributed by atoms with van der Waals surface area (Å²) in [6.45, 7) is 2.65. The quantitative estimate of drug-likeness (QED) is 0.501. The van der Waals surface area contributed by atoms with Gasteiger partial charge in [-0.1, -0.05) is 30.7 Å². The highest BCUT2D eigenvalue weighted by Gasteiger charge is 2.10. The summed E-state index contributed by atoms with van der Waals surface area (Å²) in [6.07, 6.45) is 2.44. The zero-order valence-corrected chi connectivity index (χ0v) is 15.9. The van der Waals surface area contributed by atoms with Crippen LogP contribution in [-0.2, 0) is 4.79 Å². The van der Waals surface area contributed by atoms with Crippen LogP contribution in [0.3, 0.4) is 0 Å². The predicted molar refractivity (Wildman–Crippen MR) is 104 cm³/mol. The summed E-state index contributed by atoms with van der Waals surface area (Å²) >= 11 is 9.33. The van der Waals surface area contributed by atoms with Gasteiger partial charge in [0.1, 0.15) is 17.4 Å². The Balaban J connectivity index is 2.17. The summed E-state index contributed by atoms with van der Waals surface area (Å²) in [5.41, 5.74) is 1.24. The van der Waals surface area contributed by atoms with Gasteiger partial charge in [-0.15, -0.1) is 0 Å². The Morgan fingerprint density at radius 1 is 1.36 bits per heavy atom. The number of carbonyl (C=O) groups excluding carboxylic acids is 1. The molecule has 4 nitrogen and oxygen atoms in total. The monoisotopic (exact) mass is 418 g/mol. The van der Waals surface area contributed by atoms with Crippen molar-refractivity contribution in [3.05, 3.63) is 63.1 Å². The van der Waals surface area contributed by atoms with Crippen LogP contribution >= 0.6 is 27.5 Å². The van der Waals surface area contributed by atoms with Crippen molar-refractivity contribution >= 4 is 45.2 Å². The normalized spacial score (nSPS) is 10.9. The van der Waals surface area contributed by atoms with Crippen LogP contribution in [0.25, 0.3) is 6.08 Å². The molecule has 1 amide bonds. The van der Waals surface area contributed by atoms with Gasteiger partial charge in [0.05, 0.1) is 11.1 Å². The highest BCUT2D eigenvalue weighted by molar-refractivity contribution is 9.10. The van der Waals surface area contributed by atoms with Gasteiger partial charge in [0.15, 0.2) is 0 Å². The van der Waals surface area contributed by atoms with E-state index < -0.39 is 5.91 Å². The Hall–Kier alpha value is -2.29. The summed E-state index contributed by atoms with van der Waals surface area (Å²) in [5, 5.41) is 12.5. The van der Waals surface area contributed by atoms with E-state index in [4.69, 9.17) is 16.3 Å². The third-order valence-corrected chi connectivity index (χ3v) is 4.03. The third kappa shape index (κ3) is 5.63. The number of ether oxygens (including phenoxy) is 1. The van der Waals surface area contributed by atoms with Crippen molar-refractivity contribution < 1.29 is 9.53 Å². The lowest BCUT2D eigenvalue weighted by molar-refractivity contribution is -0.112. The molecule has 0 atom stereocenters. The van der Waals surface area contributed by atoms with Crippen molar-refractivity contribution in [3.63, 3.8) is 0 Å². The molecule has 0 saturated carbocycles. The van der Waals surface area contributed by atoms with Crippen molar-refractivity contribution in [2.45, 2.75) is 13.3 Å². The largest absolute Gasteiger partial charge is 0.492 e. The summed E-state index contributed by atoms with van der Waals surface area (Å²) in [4.78, 5) is 12.3. The van der Waals surface area contributed by atoms with Gasteiger partial charge in [0, 0.05) is 10.7 Å². The van der Waals surface area contributed by atoms with Crippen LogP contribution in [0.1, 0.15) is 18.9 Å². The van der Waals surface area contributed by atoms with Crippen molar-refractivity contribution in [3.8, 4) is 11.8 Å². The van der Waals surface area contributed by atoms with Gasteiger partial charge in [0.25, 0.3) is 5.91 Å². The number of halogens is 2. The maximum Gasteiger partial charge on any atom is 0.266 e. The third-order valence-electron chi connectivity index (χ3n) is 3.18. The lowest BCUT2D eigenvalue weighted by Gasteiger charge is -2.08. The molecule has 0 spiro atoms. The molecule has 0 saturated heterocycles. The number of rotatable bonds is 6. The molecule has 0 aliphatic rings. The van der Waals surface area contributed by atoms with Crippen LogP contribution in [0.5, 0.6) is 5.75 Å². The molecule has 1 N–H and O–H groups in total. The van der Waals surface area contributed by atoms with E-state index in [-0.39, 0.29) is 5.57 Å². The van der Waals surface area contributed by atoms with E-state index in [9.17, 15) is 10.1 Å². The molecule has 0 aromatic heterocycles. The molecule has 2 rings (SSSR count). The fourth-order valence-electron chi connectivity index (χ4n) is 2.02. The van der Waals surface area contributed by atoms with E-state index in [0.29, 0.717) is 22.9 Å². The van der Waals surface area contributed by atoms with E-state index in [2.05, 4.69) is 21.2 Å². The Morgan fingerprint density at radius 2 is 2.16 bits per heavy atom. The molecule has 0 fully saturated rings. The second-order valence-electron chi connectivity index (χ2n) is 5.17. The number of amides is 1. The lowest BCUT2D eigenvalue weighted by Crippen LogP contribution is -2.13. The second-order valence-corrected chi connectivity index (χ2v) is 6.46. The van der Waals surface area contributed by atoms with Gasteiger partial charge in [-0.25, -0.2) is 0 Å². The first-order valence-corrected chi connectivity index (χ1v) is 8.81. The molecule has 25 heavy (non-hydrogen) atoms. The maximum atomic E-state index is 12.3. The van der Waals surface area contributed by atoms with E-state index in [1.807, 2.05) is 13.0 Å². The van der Waals surface area contributed by atoms with Crippen LogP contribution in [0.15, 0.2) is 52.5 Å². The highest BCUT2D eigenvalue weighted by atomic mass is 79.9. The first-order valence-electron chi connectivity index (χ1n) is 7.64. The maximum absolute atomic E-state index is 12.3. The van der Waals surface area contributed by atoms with E-state index in [1.165, 1.54) is 6.08 Å². The van der Waals surface area contributed by atoms with Crippen LogP contribution in [-0.4, -0.2) is 12.5 Å². The standard InChI is InChI=1S/C19H16BrClN2O2/c1-2-8-25-18-7-6-13(10-17(18)20)9-14(12-22)19(24)23-16-5-3-4-15(21)11-16/h3-7,9-11H,2,8H2,1H3,(H,23,24)/b14-9+. The number of nitriles is 1. The first-order chi connectivity index (χ1) is 12.0. The molecule has 128 valence electrons. The molecule has 6 heteroatoms. The number of nitrogens with zero attached hydrogens (tertiary/aromatic N) is 1. The minimum absolute atomic E-state index is 0.00546. The fraction of sp³-hybridized carbons (Fsp3) is 0.158. The van der Waals surface area contributed by atoms with Crippen molar-refractivity contribution in [2.75, 3.05) is 11.9 Å². The molecule has 0 bridgehead atoms. The van der Waals surface area contributed by atoms with Gasteiger partial charge in [-0.2, -0.15) is 5.26 Å². The SMILES string of the molecule is CCCOc1ccc(/C=C(\C#N)C(=O)Nc2cccc(Cl)c2)cc1Br. The number of nitrogens with one attached hydrogen (secondary N) is 1. The average molecular weight is 420 g/mol. The number of anilines is 1. The molecule has 0 heterocycles. The highest BCUT2D eigenvalue weighted by Crippen LogP contribution is 2.27. The molecular weight excluding hydrogens is 404 g/mol. The fourth-order valence-corrected chi connectivity index (χ4v) is 2.72. The summed E-state index contributed by atoms with van der Waals surface area (Å²) in [5.74, 6) is 0.230.